The monoisotopic (exact) mass is 503 g/mol. The van der Waals surface area contributed by atoms with Crippen molar-refractivity contribution in [2.24, 2.45) is 0 Å². The van der Waals surface area contributed by atoms with Gasteiger partial charge >= 0.3 is 5.97 Å². The molecule has 4 rings (SSSR count). The average Bonchev–Trinajstić information content (AvgIpc) is 3.27. The SMILES string of the molecule is CCC(=O)Nc1ccc(-c2c(-c3cc(OC)cc(OC)c3)nn(-c3ccc(F)cc3)c2OC(C)=O)cc1. The van der Waals surface area contributed by atoms with Gasteiger partial charge in [-0.3, -0.25) is 9.59 Å². The molecular weight excluding hydrogens is 477 g/mol. The van der Waals surface area contributed by atoms with E-state index in [0.29, 0.717) is 51.7 Å². The minimum absolute atomic E-state index is 0.110. The number of nitrogens with one attached hydrogen (secondary N) is 1. The number of carbonyl (C=O) groups excluding carboxylic acids is 2. The van der Waals surface area contributed by atoms with Gasteiger partial charge < -0.3 is 19.5 Å². The molecule has 0 saturated heterocycles. The molecule has 0 aliphatic carbocycles. The van der Waals surface area contributed by atoms with E-state index in [2.05, 4.69) is 5.32 Å². The van der Waals surface area contributed by atoms with Crippen LogP contribution in [0.25, 0.3) is 28.1 Å². The molecule has 190 valence electrons. The van der Waals surface area contributed by atoms with Gasteiger partial charge in [0.15, 0.2) is 0 Å². The first-order valence-corrected chi connectivity index (χ1v) is 11.5. The summed E-state index contributed by atoms with van der Waals surface area (Å²) in [5, 5.41) is 7.60. The number of esters is 1. The van der Waals surface area contributed by atoms with Gasteiger partial charge in [0.05, 0.1) is 25.5 Å². The fourth-order valence-corrected chi connectivity index (χ4v) is 3.77. The van der Waals surface area contributed by atoms with Crippen LogP contribution in [0, 0.1) is 5.82 Å². The number of rotatable bonds is 8. The van der Waals surface area contributed by atoms with Crippen molar-refractivity contribution in [1.29, 1.82) is 0 Å². The van der Waals surface area contributed by atoms with E-state index in [1.54, 1.807) is 75.7 Å². The molecule has 1 heterocycles. The Morgan fingerprint density at radius 3 is 2.08 bits per heavy atom. The van der Waals surface area contributed by atoms with E-state index in [4.69, 9.17) is 19.3 Å². The maximum atomic E-state index is 13.7. The van der Waals surface area contributed by atoms with Crippen LogP contribution < -0.4 is 19.5 Å². The molecule has 0 aliphatic rings. The van der Waals surface area contributed by atoms with Crippen molar-refractivity contribution < 1.29 is 28.2 Å². The van der Waals surface area contributed by atoms with Gasteiger partial charge in [-0.15, -0.1) is 0 Å². The molecule has 1 aromatic heterocycles. The minimum atomic E-state index is -0.550. The van der Waals surface area contributed by atoms with Crippen molar-refractivity contribution in [3.63, 3.8) is 0 Å². The molecule has 0 saturated carbocycles. The fraction of sp³-hybridized carbons (Fsp3) is 0.179. The van der Waals surface area contributed by atoms with Gasteiger partial charge in [0.2, 0.25) is 11.8 Å². The van der Waals surface area contributed by atoms with Gasteiger partial charge in [0.25, 0.3) is 0 Å². The maximum absolute atomic E-state index is 13.7. The third kappa shape index (κ3) is 5.61. The molecule has 1 N–H and O–H groups in total. The summed E-state index contributed by atoms with van der Waals surface area (Å²) in [6, 6.07) is 18.1. The van der Waals surface area contributed by atoms with Crippen molar-refractivity contribution in [3.05, 3.63) is 72.5 Å². The minimum Gasteiger partial charge on any atom is -0.497 e. The Bertz CT molecular complexity index is 1410. The number of ether oxygens (including phenoxy) is 3. The standard InChI is InChI=1S/C28H26FN3O5/c1-5-25(34)30-21-10-6-18(7-11-21)26-27(19-14-23(35-3)16-24(15-19)36-4)31-32(28(26)37-17(2)33)22-12-8-20(29)9-13-22/h6-16H,5H2,1-4H3,(H,30,34). The first kappa shape index (κ1) is 25.4. The van der Waals surface area contributed by atoms with E-state index in [1.807, 2.05) is 0 Å². The summed E-state index contributed by atoms with van der Waals surface area (Å²) in [7, 11) is 3.09. The number of hydrogen-bond donors (Lipinski definition) is 1. The Labute approximate surface area is 213 Å². The van der Waals surface area contributed by atoms with E-state index < -0.39 is 11.8 Å². The Morgan fingerprint density at radius 2 is 1.54 bits per heavy atom. The third-order valence-electron chi connectivity index (χ3n) is 5.56. The van der Waals surface area contributed by atoms with Crippen LogP contribution >= 0.6 is 0 Å². The van der Waals surface area contributed by atoms with Gasteiger partial charge in [-0.05, 0) is 54.1 Å². The van der Waals surface area contributed by atoms with Gasteiger partial charge in [-0.25, -0.2) is 4.39 Å². The van der Waals surface area contributed by atoms with Crippen LogP contribution in [-0.4, -0.2) is 35.9 Å². The Balaban J connectivity index is 1.98. The summed E-state index contributed by atoms with van der Waals surface area (Å²) < 4.78 is 31.7. The number of amides is 1. The molecule has 3 aromatic carbocycles. The van der Waals surface area contributed by atoms with Gasteiger partial charge in [0, 0.05) is 30.7 Å². The van der Waals surface area contributed by atoms with Crippen molar-refractivity contribution in [2.45, 2.75) is 20.3 Å². The average molecular weight is 504 g/mol. The largest absolute Gasteiger partial charge is 0.497 e. The van der Waals surface area contributed by atoms with Crippen LogP contribution in [0.5, 0.6) is 17.4 Å². The number of halogens is 1. The molecule has 37 heavy (non-hydrogen) atoms. The van der Waals surface area contributed by atoms with Crippen LogP contribution in [0.2, 0.25) is 0 Å². The lowest BCUT2D eigenvalue weighted by atomic mass is 10.0. The lowest BCUT2D eigenvalue weighted by Gasteiger charge is -2.11. The van der Waals surface area contributed by atoms with Crippen LogP contribution in [-0.2, 0) is 9.59 Å². The lowest BCUT2D eigenvalue weighted by molar-refractivity contribution is -0.132. The Hall–Kier alpha value is -4.66. The molecule has 0 radical (unpaired) electrons. The Morgan fingerprint density at radius 1 is 0.919 bits per heavy atom. The molecular formula is C28H26FN3O5. The molecule has 4 aromatic rings. The zero-order valence-electron chi connectivity index (χ0n) is 20.9. The summed E-state index contributed by atoms with van der Waals surface area (Å²) in [5.74, 6) is 0.174. The molecule has 0 atom stereocenters. The highest BCUT2D eigenvalue weighted by atomic mass is 19.1. The van der Waals surface area contributed by atoms with Crippen molar-refractivity contribution in [1.82, 2.24) is 9.78 Å². The first-order chi connectivity index (χ1) is 17.8. The summed E-state index contributed by atoms with van der Waals surface area (Å²) in [6.07, 6.45) is 0.352. The summed E-state index contributed by atoms with van der Waals surface area (Å²) in [5.41, 5.74) is 3.43. The number of carbonyl (C=O) groups is 2. The second kappa shape index (κ2) is 10.9. The molecule has 0 spiro atoms. The molecule has 0 aliphatic heterocycles. The molecule has 0 fully saturated rings. The predicted molar refractivity (Wildman–Crippen MR) is 138 cm³/mol. The van der Waals surface area contributed by atoms with Gasteiger partial charge in [-0.1, -0.05) is 19.1 Å². The number of nitrogens with zero attached hydrogens (tertiary/aromatic N) is 2. The van der Waals surface area contributed by atoms with Crippen molar-refractivity contribution in [3.8, 4) is 45.5 Å². The predicted octanol–water partition coefficient (Wildman–Crippen LogP) is 5.64. The van der Waals surface area contributed by atoms with Crippen LogP contribution in [0.4, 0.5) is 10.1 Å². The van der Waals surface area contributed by atoms with Crippen LogP contribution in [0.3, 0.4) is 0 Å². The highest BCUT2D eigenvalue weighted by Gasteiger charge is 2.25. The van der Waals surface area contributed by atoms with Gasteiger partial charge in [0.1, 0.15) is 23.0 Å². The number of benzene rings is 3. The topological polar surface area (TPSA) is 91.7 Å². The van der Waals surface area contributed by atoms with Crippen LogP contribution in [0.1, 0.15) is 20.3 Å². The molecule has 9 heteroatoms. The number of methoxy groups -OCH3 is 2. The quantitative estimate of drug-likeness (QED) is 0.313. The number of aromatic nitrogens is 2. The molecule has 1 amide bonds. The number of anilines is 1. The van der Waals surface area contributed by atoms with E-state index in [1.165, 1.54) is 23.7 Å². The summed E-state index contributed by atoms with van der Waals surface area (Å²) in [4.78, 5) is 24.0. The van der Waals surface area contributed by atoms with Crippen molar-refractivity contribution >= 4 is 17.6 Å². The Kier molecular flexibility index (Phi) is 7.52. The van der Waals surface area contributed by atoms with E-state index >= 15 is 0 Å². The molecule has 8 nitrogen and oxygen atoms in total. The smallest absolute Gasteiger partial charge is 0.309 e. The summed E-state index contributed by atoms with van der Waals surface area (Å²) >= 11 is 0. The second-order valence-corrected chi connectivity index (χ2v) is 8.09. The second-order valence-electron chi connectivity index (χ2n) is 8.09. The van der Waals surface area contributed by atoms with Crippen molar-refractivity contribution in [2.75, 3.05) is 19.5 Å². The highest BCUT2D eigenvalue weighted by molar-refractivity contribution is 5.92. The molecule has 0 bridgehead atoms. The van der Waals surface area contributed by atoms with E-state index in [0.717, 1.165) is 0 Å². The highest BCUT2D eigenvalue weighted by Crippen LogP contribution is 2.43. The van der Waals surface area contributed by atoms with Crippen LogP contribution in [0.15, 0.2) is 66.7 Å². The van der Waals surface area contributed by atoms with Gasteiger partial charge in [-0.2, -0.15) is 9.78 Å². The molecule has 0 unspecified atom stereocenters. The summed E-state index contributed by atoms with van der Waals surface area (Å²) in [6.45, 7) is 3.07. The zero-order valence-corrected chi connectivity index (χ0v) is 20.9. The normalized spacial score (nSPS) is 10.6. The van der Waals surface area contributed by atoms with E-state index in [9.17, 15) is 14.0 Å². The zero-order chi connectivity index (χ0) is 26.5. The lowest BCUT2D eigenvalue weighted by Crippen LogP contribution is -2.09. The van der Waals surface area contributed by atoms with E-state index in [-0.39, 0.29) is 11.8 Å². The first-order valence-electron chi connectivity index (χ1n) is 11.5. The fourth-order valence-electron chi connectivity index (χ4n) is 3.77. The number of hydrogen-bond acceptors (Lipinski definition) is 6. The maximum Gasteiger partial charge on any atom is 0.309 e. The third-order valence-corrected chi connectivity index (χ3v) is 5.56.